The molecule has 0 aromatic carbocycles. The van der Waals surface area contributed by atoms with Crippen LogP contribution in [0.4, 0.5) is 0 Å². The second-order valence-electron chi connectivity index (χ2n) is 3.55. The molecular weight excluding hydrogens is 184 g/mol. The lowest BCUT2D eigenvalue weighted by atomic mass is 10.1. The van der Waals surface area contributed by atoms with Crippen LogP contribution in [0.2, 0.25) is 5.15 Å². The van der Waals surface area contributed by atoms with Crippen LogP contribution >= 0.6 is 11.6 Å². The summed E-state index contributed by atoms with van der Waals surface area (Å²) in [5.74, 6) is 0. The molecule has 0 amide bonds. The molecule has 0 bridgehead atoms. The summed E-state index contributed by atoms with van der Waals surface area (Å²) in [4.78, 5) is 6.46. The summed E-state index contributed by atoms with van der Waals surface area (Å²) in [5.41, 5.74) is 1.28. The minimum absolute atomic E-state index is 0.546. The summed E-state index contributed by atoms with van der Waals surface area (Å²) >= 11 is 5.73. The first-order valence-corrected chi connectivity index (χ1v) is 4.97. The highest BCUT2D eigenvalue weighted by Gasteiger charge is 2.22. The second kappa shape index (κ2) is 3.64. The van der Waals surface area contributed by atoms with E-state index in [9.17, 15) is 0 Å². The minimum atomic E-state index is 0.546. The Morgan fingerprint density at radius 1 is 1.54 bits per heavy atom. The molecule has 1 aliphatic rings. The van der Waals surface area contributed by atoms with E-state index < -0.39 is 0 Å². The van der Waals surface area contributed by atoms with Gasteiger partial charge in [0.05, 0.1) is 0 Å². The summed E-state index contributed by atoms with van der Waals surface area (Å²) in [5, 5.41) is 0.574. The Balaban J connectivity index is 2.20. The molecule has 0 saturated carbocycles. The molecule has 1 saturated heterocycles. The van der Waals surface area contributed by atoms with Gasteiger partial charge in [0.25, 0.3) is 0 Å². The summed E-state index contributed by atoms with van der Waals surface area (Å²) in [7, 11) is 2.16. The van der Waals surface area contributed by atoms with Crippen LogP contribution in [0, 0.1) is 0 Å². The van der Waals surface area contributed by atoms with Gasteiger partial charge < -0.3 is 0 Å². The number of nitrogens with zero attached hydrogens (tertiary/aromatic N) is 2. The van der Waals surface area contributed by atoms with Gasteiger partial charge in [-0.15, -0.1) is 0 Å². The van der Waals surface area contributed by atoms with Gasteiger partial charge in [0, 0.05) is 12.2 Å². The third-order valence-corrected chi connectivity index (χ3v) is 2.88. The van der Waals surface area contributed by atoms with Crippen LogP contribution in [0.5, 0.6) is 0 Å². The summed E-state index contributed by atoms with van der Waals surface area (Å²) in [6.45, 7) is 1.19. The Kier molecular flexibility index (Phi) is 2.51. The second-order valence-corrected chi connectivity index (χ2v) is 3.94. The lowest BCUT2D eigenvalue weighted by Crippen LogP contribution is -2.17. The molecule has 0 radical (unpaired) electrons. The molecule has 1 atom stereocenters. The molecule has 1 aromatic heterocycles. The fraction of sp³-hybridized carbons (Fsp3) is 0.500. The first kappa shape index (κ1) is 8.97. The maximum Gasteiger partial charge on any atom is 0.129 e. The van der Waals surface area contributed by atoms with Crippen molar-refractivity contribution in [2.24, 2.45) is 0 Å². The number of likely N-dealkylation sites (tertiary alicyclic amines) is 1. The van der Waals surface area contributed by atoms with E-state index in [0.717, 1.165) is 0 Å². The van der Waals surface area contributed by atoms with Crippen molar-refractivity contribution in [3.05, 3.63) is 29.0 Å². The Morgan fingerprint density at radius 3 is 2.92 bits per heavy atom. The summed E-state index contributed by atoms with van der Waals surface area (Å²) < 4.78 is 0. The minimum Gasteiger partial charge on any atom is -0.299 e. The molecule has 3 heteroatoms. The van der Waals surface area contributed by atoms with Crippen LogP contribution in [0.3, 0.4) is 0 Å². The van der Waals surface area contributed by atoms with Crippen molar-refractivity contribution in [2.45, 2.75) is 18.9 Å². The quantitative estimate of drug-likeness (QED) is 0.642. The van der Waals surface area contributed by atoms with Crippen LogP contribution in [0.25, 0.3) is 0 Å². The Bertz CT molecular complexity index is 283. The number of hydrogen-bond acceptors (Lipinski definition) is 2. The lowest BCUT2D eigenvalue weighted by molar-refractivity contribution is 0.317. The maximum atomic E-state index is 5.73. The zero-order valence-corrected chi connectivity index (χ0v) is 8.46. The molecule has 1 fully saturated rings. The van der Waals surface area contributed by atoms with Crippen molar-refractivity contribution < 1.29 is 0 Å². The van der Waals surface area contributed by atoms with Crippen molar-refractivity contribution in [2.75, 3.05) is 13.6 Å². The van der Waals surface area contributed by atoms with Crippen LogP contribution in [-0.4, -0.2) is 23.5 Å². The average molecular weight is 197 g/mol. The van der Waals surface area contributed by atoms with Crippen LogP contribution < -0.4 is 0 Å². The summed E-state index contributed by atoms with van der Waals surface area (Å²) in [6.07, 6.45) is 4.40. The number of pyridine rings is 1. The molecule has 0 spiro atoms. The zero-order chi connectivity index (χ0) is 9.26. The highest BCUT2D eigenvalue weighted by molar-refractivity contribution is 6.29. The Hall–Kier alpha value is -0.600. The van der Waals surface area contributed by atoms with Crippen molar-refractivity contribution in [1.29, 1.82) is 0 Å². The number of aromatic nitrogens is 1. The van der Waals surface area contributed by atoms with Crippen molar-refractivity contribution in [1.82, 2.24) is 9.88 Å². The van der Waals surface area contributed by atoms with Crippen LogP contribution in [-0.2, 0) is 0 Å². The highest BCUT2D eigenvalue weighted by Crippen LogP contribution is 2.29. The molecule has 2 heterocycles. The number of halogens is 1. The van der Waals surface area contributed by atoms with E-state index in [1.807, 2.05) is 12.3 Å². The zero-order valence-electron chi connectivity index (χ0n) is 7.70. The first-order chi connectivity index (χ1) is 6.27. The van der Waals surface area contributed by atoms with Crippen molar-refractivity contribution in [3.8, 4) is 0 Å². The van der Waals surface area contributed by atoms with Gasteiger partial charge >= 0.3 is 0 Å². The van der Waals surface area contributed by atoms with E-state index in [1.165, 1.54) is 24.9 Å². The summed E-state index contributed by atoms with van der Waals surface area (Å²) in [6, 6.07) is 4.48. The van der Waals surface area contributed by atoms with Gasteiger partial charge in [-0.05, 0) is 38.1 Å². The van der Waals surface area contributed by atoms with Crippen LogP contribution in [0.1, 0.15) is 24.4 Å². The molecule has 1 aliphatic heterocycles. The number of rotatable bonds is 1. The van der Waals surface area contributed by atoms with Gasteiger partial charge in [0.2, 0.25) is 0 Å². The Morgan fingerprint density at radius 2 is 2.38 bits per heavy atom. The molecule has 0 aliphatic carbocycles. The van der Waals surface area contributed by atoms with E-state index in [0.29, 0.717) is 11.2 Å². The largest absolute Gasteiger partial charge is 0.299 e. The van der Waals surface area contributed by atoms with E-state index in [1.54, 1.807) is 0 Å². The van der Waals surface area contributed by atoms with Crippen molar-refractivity contribution in [3.63, 3.8) is 0 Å². The third-order valence-electron chi connectivity index (χ3n) is 2.66. The molecule has 2 nitrogen and oxygen atoms in total. The molecule has 0 unspecified atom stereocenters. The smallest absolute Gasteiger partial charge is 0.129 e. The van der Waals surface area contributed by atoms with Gasteiger partial charge in [0.15, 0.2) is 0 Å². The fourth-order valence-corrected chi connectivity index (χ4v) is 2.03. The van der Waals surface area contributed by atoms with E-state index >= 15 is 0 Å². The molecule has 0 N–H and O–H groups in total. The number of hydrogen-bond donors (Lipinski definition) is 0. The monoisotopic (exact) mass is 196 g/mol. The van der Waals surface area contributed by atoms with Gasteiger partial charge in [-0.25, -0.2) is 4.98 Å². The van der Waals surface area contributed by atoms with Crippen LogP contribution in [0.15, 0.2) is 18.3 Å². The molecule has 70 valence electrons. The molecule has 2 rings (SSSR count). The predicted octanol–water partition coefficient (Wildman–Crippen LogP) is 2.50. The fourth-order valence-electron chi connectivity index (χ4n) is 1.92. The van der Waals surface area contributed by atoms with Gasteiger partial charge in [0.1, 0.15) is 5.15 Å². The van der Waals surface area contributed by atoms with E-state index in [2.05, 4.69) is 23.0 Å². The highest BCUT2D eigenvalue weighted by atomic mass is 35.5. The normalized spacial score (nSPS) is 23.7. The lowest BCUT2D eigenvalue weighted by Gasteiger charge is -2.19. The topological polar surface area (TPSA) is 16.1 Å². The predicted molar refractivity (Wildman–Crippen MR) is 53.9 cm³/mol. The SMILES string of the molecule is CN1CCC[C@@H]1c1ccc(Cl)nc1. The molecule has 13 heavy (non-hydrogen) atoms. The standard InChI is InChI=1S/C10H13ClN2/c1-13-6-2-3-9(13)8-4-5-10(11)12-7-8/h4-5,7,9H,2-3,6H2,1H3/t9-/m1/s1. The Labute approximate surface area is 83.5 Å². The molecule has 1 aromatic rings. The first-order valence-electron chi connectivity index (χ1n) is 4.59. The van der Waals surface area contributed by atoms with Gasteiger partial charge in [-0.1, -0.05) is 17.7 Å². The van der Waals surface area contributed by atoms with E-state index in [4.69, 9.17) is 11.6 Å². The van der Waals surface area contributed by atoms with Crippen molar-refractivity contribution >= 4 is 11.6 Å². The third kappa shape index (κ3) is 1.84. The average Bonchev–Trinajstić information content (AvgIpc) is 2.53. The van der Waals surface area contributed by atoms with Gasteiger partial charge in [-0.3, -0.25) is 4.90 Å². The molecular formula is C10H13ClN2. The van der Waals surface area contributed by atoms with E-state index in [-0.39, 0.29) is 0 Å². The maximum absolute atomic E-state index is 5.73. The van der Waals surface area contributed by atoms with Gasteiger partial charge in [-0.2, -0.15) is 0 Å².